The largest absolute Gasteiger partial charge is 0.147 e. The summed E-state index contributed by atoms with van der Waals surface area (Å²) in [5, 5.41) is 0. The van der Waals surface area contributed by atoms with Crippen LogP contribution in [0.15, 0.2) is 91.5 Å². The molecule has 0 N–H and O–H groups in total. The minimum absolute atomic E-state index is 0. The van der Waals surface area contributed by atoms with E-state index in [0.29, 0.717) is 11.8 Å². The molecule has 0 nitrogen and oxygen atoms in total. The molecule has 3 aromatic carbocycles. The Kier molecular flexibility index (Phi) is 8.74. The molecule has 0 amide bonds. The molecule has 158 valence electrons. The first-order chi connectivity index (χ1) is 13.7. The van der Waals surface area contributed by atoms with Crippen molar-refractivity contribution in [2.24, 2.45) is 5.41 Å². The zero-order valence-corrected chi connectivity index (χ0v) is 21.8. The maximum absolute atomic E-state index is 4.03. The fourth-order valence-electron chi connectivity index (χ4n) is 5.58. The number of hydrogen-bond donors (Lipinski definition) is 0. The van der Waals surface area contributed by atoms with Crippen LogP contribution in [0.25, 0.3) is 17.2 Å². The van der Waals surface area contributed by atoms with Gasteiger partial charge in [-0.25, -0.2) is 0 Å². The number of allylic oxidation sites excluding steroid dienone is 2. The van der Waals surface area contributed by atoms with Gasteiger partial charge in [0.05, 0.1) is 0 Å². The van der Waals surface area contributed by atoms with Crippen LogP contribution in [0.1, 0.15) is 53.9 Å². The second-order valence-corrected chi connectivity index (χ2v) is 8.41. The molecule has 0 aliphatic heterocycles. The van der Waals surface area contributed by atoms with E-state index in [1.54, 1.807) is 0 Å². The molecule has 0 heterocycles. The Morgan fingerprint density at radius 3 is 1.90 bits per heavy atom. The van der Waals surface area contributed by atoms with Crippen LogP contribution in [0.2, 0.25) is 0 Å². The molecule has 0 saturated heterocycles. The van der Waals surface area contributed by atoms with E-state index in [0.717, 1.165) is 12.8 Å². The van der Waals surface area contributed by atoms with E-state index in [-0.39, 0.29) is 56.4 Å². The van der Waals surface area contributed by atoms with E-state index in [1.807, 2.05) is 0 Å². The minimum Gasteiger partial charge on any atom is -0.147 e. The first kappa shape index (κ1) is 25.9. The molecule has 0 fully saturated rings. The molecule has 2 atom stereocenters. The number of benzene rings is 3. The first-order valence-electron chi connectivity index (χ1n) is 10.3. The van der Waals surface area contributed by atoms with E-state index >= 15 is 0 Å². The van der Waals surface area contributed by atoms with Crippen LogP contribution in [0.4, 0.5) is 0 Å². The third kappa shape index (κ3) is 4.18. The van der Waals surface area contributed by atoms with Crippen LogP contribution < -0.4 is 0 Å². The predicted octanol–water partition coefficient (Wildman–Crippen LogP) is 8.42. The van der Waals surface area contributed by atoms with Gasteiger partial charge in [-0.2, -0.15) is 0 Å². The minimum atomic E-state index is 0. The number of hydrogen-bond acceptors (Lipinski definition) is 0. The molecule has 31 heavy (non-hydrogen) atoms. The third-order valence-corrected chi connectivity index (χ3v) is 6.89. The van der Waals surface area contributed by atoms with Crippen LogP contribution in [0.3, 0.4) is 0 Å². The van der Waals surface area contributed by atoms with Crippen LogP contribution in [-0.2, 0) is 26.2 Å². The van der Waals surface area contributed by atoms with Crippen molar-refractivity contribution in [1.82, 2.24) is 0 Å². The maximum atomic E-state index is 4.03. The molecule has 2 aliphatic carbocycles. The number of halogens is 2. The summed E-state index contributed by atoms with van der Waals surface area (Å²) < 4.78 is 0. The Hall–Kier alpha value is -1.40. The van der Waals surface area contributed by atoms with E-state index in [4.69, 9.17) is 0 Å². The topological polar surface area (TPSA) is 0 Å². The molecular weight excluding hydrogens is 498 g/mol. The van der Waals surface area contributed by atoms with E-state index in [9.17, 15) is 0 Å². The number of rotatable bonds is 5. The van der Waals surface area contributed by atoms with Crippen LogP contribution in [0.5, 0.6) is 0 Å². The predicted molar refractivity (Wildman–Crippen MR) is 134 cm³/mol. The van der Waals surface area contributed by atoms with E-state index in [2.05, 4.69) is 105 Å². The SMILES string of the molecule is C=CCCC(C)(C1C=Cc2ccccc21)C1c2ccccc2-c2ccccc21.Cl.Cl.[Zr]. The van der Waals surface area contributed by atoms with Gasteiger partial charge >= 0.3 is 0 Å². The Bertz CT molecular complexity index is 1040. The molecule has 2 unspecified atom stereocenters. The van der Waals surface area contributed by atoms with Crippen molar-refractivity contribution in [3.63, 3.8) is 0 Å². The zero-order valence-electron chi connectivity index (χ0n) is 17.8. The molecule has 0 saturated carbocycles. The normalized spacial score (nSPS) is 17.1. The van der Waals surface area contributed by atoms with Gasteiger partial charge in [-0.3, -0.25) is 0 Å². The van der Waals surface area contributed by atoms with Crippen molar-refractivity contribution in [1.29, 1.82) is 0 Å². The zero-order chi connectivity index (χ0) is 19.1. The maximum Gasteiger partial charge on any atom is 0.0164 e. The Labute approximate surface area is 217 Å². The van der Waals surface area contributed by atoms with Gasteiger partial charge in [-0.1, -0.05) is 97.9 Å². The quantitative estimate of drug-likeness (QED) is 0.293. The molecule has 5 rings (SSSR count). The van der Waals surface area contributed by atoms with Gasteiger partial charge < -0.3 is 0 Å². The Balaban J connectivity index is 0.00000114. The van der Waals surface area contributed by atoms with Gasteiger partial charge in [0.15, 0.2) is 0 Å². The summed E-state index contributed by atoms with van der Waals surface area (Å²) in [6, 6.07) is 26.9. The second-order valence-electron chi connectivity index (χ2n) is 8.41. The summed E-state index contributed by atoms with van der Waals surface area (Å²) in [5.74, 6) is 0.800. The summed E-state index contributed by atoms with van der Waals surface area (Å²) in [4.78, 5) is 0. The monoisotopic (exact) mass is 524 g/mol. The van der Waals surface area contributed by atoms with Crippen molar-refractivity contribution in [3.8, 4) is 11.1 Å². The van der Waals surface area contributed by atoms with Gasteiger partial charge in [0, 0.05) is 38.0 Å². The average molecular weight is 527 g/mol. The first-order valence-corrected chi connectivity index (χ1v) is 10.3. The molecule has 0 spiro atoms. The average Bonchev–Trinajstić information content (AvgIpc) is 3.32. The van der Waals surface area contributed by atoms with Crippen molar-refractivity contribution in [2.75, 3.05) is 0 Å². The molecule has 3 heteroatoms. The van der Waals surface area contributed by atoms with Crippen molar-refractivity contribution < 1.29 is 26.2 Å². The fourth-order valence-corrected chi connectivity index (χ4v) is 5.58. The van der Waals surface area contributed by atoms with Crippen molar-refractivity contribution >= 4 is 30.9 Å². The van der Waals surface area contributed by atoms with Gasteiger partial charge in [-0.15, -0.1) is 31.4 Å². The summed E-state index contributed by atoms with van der Waals surface area (Å²) in [7, 11) is 0. The molecule has 2 aliphatic rings. The molecular formula is C28H28Cl2Zr. The summed E-state index contributed by atoms with van der Waals surface area (Å²) >= 11 is 0. The van der Waals surface area contributed by atoms with Gasteiger partial charge in [0.25, 0.3) is 0 Å². The van der Waals surface area contributed by atoms with Gasteiger partial charge in [0.1, 0.15) is 0 Å². The van der Waals surface area contributed by atoms with Crippen molar-refractivity contribution in [3.05, 3.63) is 114 Å². The van der Waals surface area contributed by atoms with Crippen molar-refractivity contribution in [2.45, 2.75) is 31.6 Å². The molecule has 3 aromatic rings. The standard InChI is InChI=1S/C28H26.2ClH.Zr/c1-3-4-19-28(2,26-18-17-20-11-5-6-12-21(20)26)27-24-15-9-7-13-22(24)23-14-8-10-16-25(23)27;;;/h3,5-18,26-27H,1,4,19H2,2H3;2*1H;. The Morgan fingerprint density at radius 2 is 1.32 bits per heavy atom. The molecule has 0 radical (unpaired) electrons. The Morgan fingerprint density at radius 1 is 0.806 bits per heavy atom. The smallest absolute Gasteiger partial charge is 0.0164 e. The summed E-state index contributed by atoms with van der Waals surface area (Å²) in [6.45, 7) is 6.53. The van der Waals surface area contributed by atoms with Crippen LogP contribution >= 0.6 is 24.8 Å². The summed E-state index contributed by atoms with van der Waals surface area (Å²) in [5.41, 5.74) is 8.69. The third-order valence-electron chi connectivity index (χ3n) is 6.89. The van der Waals surface area contributed by atoms with Gasteiger partial charge in [-0.05, 0) is 51.6 Å². The molecule has 0 aromatic heterocycles. The summed E-state index contributed by atoms with van der Waals surface area (Å²) in [6.07, 6.45) is 8.99. The number of fused-ring (bicyclic) bond motifs is 4. The fraction of sp³-hybridized carbons (Fsp3) is 0.214. The second kappa shape index (κ2) is 10.5. The van der Waals surface area contributed by atoms with Gasteiger partial charge in [0.2, 0.25) is 0 Å². The van der Waals surface area contributed by atoms with E-state index in [1.165, 1.54) is 33.4 Å². The van der Waals surface area contributed by atoms with Crippen LogP contribution in [0, 0.1) is 5.41 Å². The van der Waals surface area contributed by atoms with Crippen LogP contribution in [-0.4, -0.2) is 0 Å². The molecule has 0 bridgehead atoms. The van der Waals surface area contributed by atoms with E-state index < -0.39 is 0 Å².